The van der Waals surface area contributed by atoms with Crippen LogP contribution < -0.4 is 5.30 Å². The third-order valence-corrected chi connectivity index (χ3v) is 4.88. The second-order valence-corrected chi connectivity index (χ2v) is 8.74. The van der Waals surface area contributed by atoms with Gasteiger partial charge in [-0.1, -0.05) is 32.9 Å². The van der Waals surface area contributed by atoms with Gasteiger partial charge in [0.1, 0.15) is 0 Å². The molecule has 0 aliphatic carbocycles. The van der Waals surface area contributed by atoms with Gasteiger partial charge in [0.2, 0.25) is 0 Å². The lowest BCUT2D eigenvalue weighted by Crippen LogP contribution is -2.22. The monoisotopic (exact) mass is 284 g/mol. The standard InChI is InChI=1S/C15H25O3P/c1-14(2,3)12-8-10-13(11-9-12)19(16,17-7)18-15(4,5)6/h8-11H,1-7H3. The van der Waals surface area contributed by atoms with Gasteiger partial charge in [-0.15, -0.1) is 0 Å². The molecule has 3 nitrogen and oxygen atoms in total. The SMILES string of the molecule is COP(=O)(OC(C)(C)C)c1ccc(C(C)(C)C)cc1. The molecule has 4 heteroatoms. The topological polar surface area (TPSA) is 35.5 Å². The number of rotatable bonds is 3. The van der Waals surface area contributed by atoms with E-state index in [2.05, 4.69) is 20.8 Å². The van der Waals surface area contributed by atoms with Gasteiger partial charge in [-0.2, -0.15) is 0 Å². The van der Waals surface area contributed by atoms with Gasteiger partial charge in [0.15, 0.2) is 0 Å². The Hall–Kier alpha value is -0.630. The van der Waals surface area contributed by atoms with E-state index in [1.807, 2.05) is 45.0 Å². The molecule has 0 saturated carbocycles. The van der Waals surface area contributed by atoms with Crippen molar-refractivity contribution in [1.82, 2.24) is 0 Å². The molecule has 19 heavy (non-hydrogen) atoms. The highest BCUT2D eigenvalue weighted by Crippen LogP contribution is 2.49. The average Bonchev–Trinajstić information content (AvgIpc) is 2.26. The van der Waals surface area contributed by atoms with Crippen LogP contribution in [0, 0.1) is 0 Å². The summed E-state index contributed by atoms with van der Waals surface area (Å²) in [4.78, 5) is 0. The van der Waals surface area contributed by atoms with Crippen LogP contribution in [0.2, 0.25) is 0 Å². The summed E-state index contributed by atoms with van der Waals surface area (Å²) in [5.41, 5.74) is 0.740. The van der Waals surface area contributed by atoms with Gasteiger partial charge in [-0.05, 0) is 43.9 Å². The molecule has 1 atom stereocenters. The minimum absolute atomic E-state index is 0.0699. The van der Waals surface area contributed by atoms with Crippen molar-refractivity contribution >= 4 is 12.9 Å². The molecule has 0 aliphatic rings. The Balaban J connectivity index is 3.11. The Morgan fingerprint density at radius 2 is 1.42 bits per heavy atom. The van der Waals surface area contributed by atoms with E-state index in [0.717, 1.165) is 0 Å². The van der Waals surface area contributed by atoms with Crippen molar-refractivity contribution in [3.63, 3.8) is 0 Å². The molecule has 0 N–H and O–H groups in total. The molecule has 0 bridgehead atoms. The van der Waals surface area contributed by atoms with Crippen LogP contribution in [0.3, 0.4) is 0 Å². The molecular weight excluding hydrogens is 259 g/mol. The highest BCUT2D eigenvalue weighted by Gasteiger charge is 2.32. The van der Waals surface area contributed by atoms with Crippen molar-refractivity contribution in [2.75, 3.05) is 7.11 Å². The van der Waals surface area contributed by atoms with E-state index in [1.54, 1.807) is 0 Å². The van der Waals surface area contributed by atoms with E-state index < -0.39 is 13.2 Å². The van der Waals surface area contributed by atoms with E-state index in [-0.39, 0.29) is 5.41 Å². The van der Waals surface area contributed by atoms with Gasteiger partial charge in [-0.25, -0.2) is 0 Å². The lowest BCUT2D eigenvalue weighted by Gasteiger charge is -2.26. The smallest absolute Gasteiger partial charge is 0.309 e. The second-order valence-electron chi connectivity index (χ2n) is 6.68. The number of hydrogen-bond acceptors (Lipinski definition) is 3. The minimum Gasteiger partial charge on any atom is -0.309 e. The zero-order valence-corrected chi connectivity index (χ0v) is 13.9. The summed E-state index contributed by atoms with van der Waals surface area (Å²) in [5, 5.41) is 0.595. The fourth-order valence-electron chi connectivity index (χ4n) is 1.70. The van der Waals surface area contributed by atoms with Crippen LogP contribution in [0.1, 0.15) is 47.1 Å². The first-order valence-electron chi connectivity index (χ1n) is 6.46. The summed E-state index contributed by atoms with van der Waals surface area (Å²) in [7, 11) is -1.83. The molecule has 0 saturated heterocycles. The van der Waals surface area contributed by atoms with Crippen LogP contribution in [0.15, 0.2) is 24.3 Å². The molecule has 0 aromatic heterocycles. The largest absolute Gasteiger partial charge is 0.361 e. The van der Waals surface area contributed by atoms with Crippen molar-refractivity contribution in [3.05, 3.63) is 29.8 Å². The Kier molecular flexibility index (Phi) is 4.66. The second kappa shape index (κ2) is 5.40. The summed E-state index contributed by atoms with van der Waals surface area (Å²) in [5.74, 6) is 0. The zero-order chi connectivity index (χ0) is 14.9. The quantitative estimate of drug-likeness (QED) is 0.778. The van der Waals surface area contributed by atoms with Crippen molar-refractivity contribution in [3.8, 4) is 0 Å². The number of benzene rings is 1. The van der Waals surface area contributed by atoms with Gasteiger partial charge in [0.05, 0.1) is 10.9 Å². The molecule has 108 valence electrons. The average molecular weight is 284 g/mol. The van der Waals surface area contributed by atoms with Crippen LogP contribution in [0.4, 0.5) is 0 Å². The van der Waals surface area contributed by atoms with Gasteiger partial charge >= 0.3 is 7.60 Å². The lowest BCUT2D eigenvalue weighted by atomic mass is 9.87. The molecular formula is C15H25O3P. The molecule has 1 rings (SSSR count). The normalized spacial score (nSPS) is 16.2. The maximum Gasteiger partial charge on any atom is 0.361 e. The summed E-state index contributed by atoms with van der Waals surface area (Å²) >= 11 is 0. The molecule has 0 heterocycles. The molecule has 1 aromatic rings. The molecule has 1 unspecified atom stereocenters. The van der Waals surface area contributed by atoms with Crippen molar-refractivity contribution in [2.45, 2.75) is 52.6 Å². The van der Waals surface area contributed by atoms with E-state index in [4.69, 9.17) is 9.05 Å². The van der Waals surface area contributed by atoms with E-state index in [0.29, 0.717) is 5.30 Å². The predicted molar refractivity (Wildman–Crippen MR) is 80.2 cm³/mol. The molecule has 0 radical (unpaired) electrons. The fraction of sp³-hybridized carbons (Fsp3) is 0.600. The van der Waals surface area contributed by atoms with Crippen LogP contribution in [0.25, 0.3) is 0 Å². The Bertz CT molecular complexity index is 464. The van der Waals surface area contributed by atoms with Crippen molar-refractivity contribution in [1.29, 1.82) is 0 Å². The van der Waals surface area contributed by atoms with Crippen molar-refractivity contribution < 1.29 is 13.6 Å². The summed E-state index contributed by atoms with van der Waals surface area (Å²) in [6.45, 7) is 12.0. The summed E-state index contributed by atoms with van der Waals surface area (Å²) < 4.78 is 23.5. The fourth-order valence-corrected chi connectivity index (χ4v) is 3.33. The van der Waals surface area contributed by atoms with E-state index in [9.17, 15) is 4.57 Å². The Morgan fingerprint density at radius 3 is 1.74 bits per heavy atom. The molecule has 0 fully saturated rings. The van der Waals surface area contributed by atoms with Crippen LogP contribution in [0.5, 0.6) is 0 Å². The Labute approximate surface area is 116 Å². The lowest BCUT2D eigenvalue weighted by molar-refractivity contribution is 0.108. The molecule has 0 aliphatic heterocycles. The van der Waals surface area contributed by atoms with Gasteiger partial charge in [0, 0.05) is 7.11 Å². The summed E-state index contributed by atoms with van der Waals surface area (Å²) in [6.07, 6.45) is 0. The highest BCUT2D eigenvalue weighted by atomic mass is 31.2. The first-order chi connectivity index (χ1) is 8.48. The van der Waals surface area contributed by atoms with Crippen LogP contribution in [-0.2, 0) is 19.0 Å². The maximum atomic E-state index is 12.7. The van der Waals surface area contributed by atoms with E-state index in [1.165, 1.54) is 12.7 Å². The third kappa shape index (κ3) is 4.45. The molecule has 1 aromatic carbocycles. The van der Waals surface area contributed by atoms with Crippen molar-refractivity contribution in [2.24, 2.45) is 0 Å². The molecule has 0 spiro atoms. The van der Waals surface area contributed by atoms with Gasteiger partial charge in [-0.3, -0.25) is 9.09 Å². The van der Waals surface area contributed by atoms with Crippen LogP contribution in [-0.4, -0.2) is 12.7 Å². The zero-order valence-electron chi connectivity index (χ0n) is 13.0. The molecule has 0 amide bonds. The van der Waals surface area contributed by atoms with E-state index >= 15 is 0 Å². The predicted octanol–water partition coefficient (Wildman–Crippen LogP) is 4.26. The first-order valence-corrected chi connectivity index (χ1v) is 8.00. The Morgan fingerprint density at radius 1 is 0.947 bits per heavy atom. The summed E-state index contributed by atoms with van der Waals surface area (Å²) in [6, 6.07) is 7.62. The highest BCUT2D eigenvalue weighted by molar-refractivity contribution is 7.62. The van der Waals surface area contributed by atoms with Crippen LogP contribution >= 0.6 is 7.60 Å². The maximum absolute atomic E-state index is 12.7. The minimum atomic E-state index is -3.25. The van der Waals surface area contributed by atoms with Gasteiger partial charge < -0.3 is 4.52 Å². The first kappa shape index (κ1) is 16.4. The number of hydrogen-bond donors (Lipinski definition) is 0. The van der Waals surface area contributed by atoms with Gasteiger partial charge in [0.25, 0.3) is 0 Å². The third-order valence-electron chi connectivity index (χ3n) is 2.68.